The Bertz CT molecular complexity index is 750. The van der Waals surface area contributed by atoms with Crippen LogP contribution in [-0.4, -0.2) is 21.4 Å². The van der Waals surface area contributed by atoms with Crippen LogP contribution in [0.2, 0.25) is 0 Å². The van der Waals surface area contributed by atoms with E-state index in [1.54, 1.807) is 30.3 Å². The summed E-state index contributed by atoms with van der Waals surface area (Å²) in [6.45, 7) is 0. The minimum atomic E-state index is -4.19. The van der Waals surface area contributed by atoms with Gasteiger partial charge in [0, 0.05) is 0 Å². The number of primary amides is 1. The summed E-state index contributed by atoms with van der Waals surface area (Å²) in [7, 11) is -2.94. The van der Waals surface area contributed by atoms with Crippen LogP contribution in [0.25, 0.3) is 11.1 Å². The number of sulfonamides is 1. The fraction of sp³-hybridized carbons (Fsp3) is 0.0833. The molecule has 8 heteroatoms. The van der Waals surface area contributed by atoms with Gasteiger partial charge in [-0.05, 0) is 5.56 Å². The molecule has 0 unspecified atom stereocenters. The molecule has 0 radical (unpaired) electrons. The first kappa shape index (κ1) is 14.1. The standard InChI is InChI=1S/C12H12N2O5S/c1-18-10-8(7-5-3-2-4-6-7)9(11(13)15)19-12(10)20(14,16)17/h2-6H,1H3,(H2,13,15)(H2,14,16,17). The van der Waals surface area contributed by atoms with Crippen LogP contribution in [0.1, 0.15) is 10.6 Å². The number of carbonyl (C=O) groups excluding carboxylic acids is 1. The molecule has 2 aromatic rings. The van der Waals surface area contributed by atoms with E-state index in [-0.39, 0.29) is 17.1 Å². The van der Waals surface area contributed by atoms with Gasteiger partial charge >= 0.3 is 0 Å². The summed E-state index contributed by atoms with van der Waals surface area (Å²) in [4.78, 5) is 11.4. The maximum atomic E-state index is 11.5. The number of rotatable bonds is 4. The van der Waals surface area contributed by atoms with Gasteiger partial charge in [0.15, 0.2) is 5.75 Å². The summed E-state index contributed by atoms with van der Waals surface area (Å²) in [6, 6.07) is 8.51. The molecule has 0 bridgehead atoms. The number of ether oxygens (including phenoxy) is 1. The molecule has 4 N–H and O–H groups in total. The molecule has 1 aromatic heterocycles. The van der Waals surface area contributed by atoms with E-state index in [0.717, 1.165) is 0 Å². The second-order valence-electron chi connectivity index (χ2n) is 3.90. The molecule has 0 saturated heterocycles. The Balaban J connectivity index is 2.84. The van der Waals surface area contributed by atoms with Crippen LogP contribution in [-0.2, 0) is 10.0 Å². The van der Waals surface area contributed by atoms with E-state index in [0.29, 0.717) is 5.56 Å². The highest BCUT2D eigenvalue weighted by molar-refractivity contribution is 7.89. The molecule has 0 saturated carbocycles. The fourth-order valence-corrected chi connectivity index (χ4v) is 2.45. The molecular formula is C12H12N2O5S. The van der Waals surface area contributed by atoms with E-state index in [1.165, 1.54) is 7.11 Å². The predicted molar refractivity (Wildman–Crippen MR) is 70.6 cm³/mol. The highest BCUT2D eigenvalue weighted by Gasteiger charge is 2.31. The molecule has 106 valence electrons. The van der Waals surface area contributed by atoms with E-state index in [2.05, 4.69) is 0 Å². The Morgan fingerprint density at radius 2 is 1.85 bits per heavy atom. The van der Waals surface area contributed by atoms with Gasteiger partial charge in [0.2, 0.25) is 5.76 Å². The molecule has 0 atom stereocenters. The first-order chi connectivity index (χ1) is 9.36. The summed E-state index contributed by atoms with van der Waals surface area (Å²) in [5.41, 5.74) is 5.89. The first-order valence-corrected chi connectivity index (χ1v) is 6.99. The van der Waals surface area contributed by atoms with Crippen molar-refractivity contribution >= 4 is 15.9 Å². The number of furan rings is 1. The van der Waals surface area contributed by atoms with Gasteiger partial charge in [0.05, 0.1) is 12.7 Å². The second kappa shape index (κ2) is 4.99. The summed E-state index contributed by atoms with van der Waals surface area (Å²) >= 11 is 0. The normalized spacial score (nSPS) is 11.3. The van der Waals surface area contributed by atoms with Crippen molar-refractivity contribution in [3.8, 4) is 16.9 Å². The number of hydrogen-bond acceptors (Lipinski definition) is 5. The smallest absolute Gasteiger partial charge is 0.285 e. The molecule has 7 nitrogen and oxygen atoms in total. The van der Waals surface area contributed by atoms with Crippen LogP contribution in [0.3, 0.4) is 0 Å². The van der Waals surface area contributed by atoms with Gasteiger partial charge in [-0.3, -0.25) is 4.79 Å². The Hall–Kier alpha value is -2.32. The SMILES string of the molecule is COc1c(S(N)(=O)=O)oc(C(N)=O)c1-c1ccccc1. The van der Waals surface area contributed by atoms with Crippen molar-refractivity contribution in [1.29, 1.82) is 0 Å². The van der Waals surface area contributed by atoms with E-state index in [1.807, 2.05) is 0 Å². The van der Waals surface area contributed by atoms with Gasteiger partial charge in [0.25, 0.3) is 21.0 Å². The van der Waals surface area contributed by atoms with Crippen LogP contribution >= 0.6 is 0 Å². The zero-order valence-corrected chi connectivity index (χ0v) is 11.3. The topological polar surface area (TPSA) is 126 Å². The molecule has 0 aliphatic carbocycles. The molecule has 0 spiro atoms. The Kier molecular flexibility index (Phi) is 3.51. The third kappa shape index (κ3) is 2.38. The van der Waals surface area contributed by atoms with E-state index in [9.17, 15) is 13.2 Å². The molecule has 1 heterocycles. The number of hydrogen-bond donors (Lipinski definition) is 2. The average molecular weight is 296 g/mol. The maximum absolute atomic E-state index is 11.5. The van der Waals surface area contributed by atoms with E-state index < -0.39 is 21.0 Å². The van der Waals surface area contributed by atoms with Crippen LogP contribution in [0, 0.1) is 0 Å². The van der Waals surface area contributed by atoms with Crippen molar-refractivity contribution in [3.63, 3.8) is 0 Å². The molecular weight excluding hydrogens is 284 g/mol. The van der Waals surface area contributed by atoms with Crippen molar-refractivity contribution in [3.05, 3.63) is 36.1 Å². The quantitative estimate of drug-likeness (QED) is 0.859. The average Bonchev–Trinajstić information content (AvgIpc) is 2.79. The van der Waals surface area contributed by atoms with Crippen molar-refractivity contribution in [2.45, 2.75) is 5.09 Å². The van der Waals surface area contributed by atoms with Crippen LogP contribution in [0.5, 0.6) is 5.75 Å². The molecule has 0 aliphatic heterocycles. The Labute approximate surface area is 115 Å². The van der Waals surface area contributed by atoms with Crippen LogP contribution < -0.4 is 15.6 Å². The van der Waals surface area contributed by atoms with Gasteiger partial charge in [-0.1, -0.05) is 30.3 Å². The number of benzene rings is 1. The van der Waals surface area contributed by atoms with E-state index in [4.69, 9.17) is 20.0 Å². The highest BCUT2D eigenvalue weighted by Crippen LogP contribution is 2.40. The number of carbonyl (C=O) groups is 1. The minimum absolute atomic E-state index is 0.146. The third-order valence-corrected chi connectivity index (χ3v) is 3.37. The summed E-state index contributed by atoms with van der Waals surface area (Å²) in [5.74, 6) is -1.39. The Morgan fingerprint density at radius 1 is 1.25 bits per heavy atom. The van der Waals surface area contributed by atoms with Crippen LogP contribution in [0.15, 0.2) is 39.8 Å². The summed E-state index contributed by atoms with van der Waals surface area (Å²) < 4.78 is 33.0. The molecule has 0 aliphatic rings. The zero-order valence-electron chi connectivity index (χ0n) is 10.5. The first-order valence-electron chi connectivity index (χ1n) is 5.45. The lowest BCUT2D eigenvalue weighted by atomic mass is 10.1. The van der Waals surface area contributed by atoms with Crippen molar-refractivity contribution in [2.75, 3.05) is 7.11 Å². The molecule has 0 fully saturated rings. The summed E-state index contributed by atoms with van der Waals surface area (Å²) in [5, 5.41) is 4.41. The summed E-state index contributed by atoms with van der Waals surface area (Å²) in [6.07, 6.45) is 0. The van der Waals surface area contributed by atoms with Gasteiger partial charge in [-0.25, -0.2) is 13.6 Å². The largest absolute Gasteiger partial charge is 0.491 e. The Morgan fingerprint density at radius 3 is 2.30 bits per heavy atom. The monoisotopic (exact) mass is 296 g/mol. The molecule has 20 heavy (non-hydrogen) atoms. The molecule has 1 aromatic carbocycles. The number of amides is 1. The van der Waals surface area contributed by atoms with Gasteiger partial charge in [-0.2, -0.15) is 0 Å². The lowest BCUT2D eigenvalue weighted by Crippen LogP contribution is -2.13. The fourth-order valence-electron chi connectivity index (χ4n) is 1.81. The van der Waals surface area contributed by atoms with Gasteiger partial charge in [0.1, 0.15) is 0 Å². The van der Waals surface area contributed by atoms with Crippen molar-refractivity contribution in [2.24, 2.45) is 10.9 Å². The molecule has 1 amide bonds. The second-order valence-corrected chi connectivity index (χ2v) is 5.36. The highest BCUT2D eigenvalue weighted by atomic mass is 32.2. The third-order valence-electron chi connectivity index (χ3n) is 2.58. The minimum Gasteiger partial charge on any atom is -0.491 e. The molecule has 2 rings (SSSR count). The number of primary sulfonamides is 1. The number of methoxy groups -OCH3 is 1. The predicted octanol–water partition coefficient (Wildman–Crippen LogP) is 0.702. The van der Waals surface area contributed by atoms with Gasteiger partial charge < -0.3 is 14.9 Å². The van der Waals surface area contributed by atoms with Crippen LogP contribution in [0.4, 0.5) is 0 Å². The maximum Gasteiger partial charge on any atom is 0.285 e. The van der Waals surface area contributed by atoms with Gasteiger partial charge in [-0.15, -0.1) is 0 Å². The lowest BCUT2D eigenvalue weighted by Gasteiger charge is -2.04. The zero-order chi connectivity index (χ0) is 14.9. The van der Waals surface area contributed by atoms with Crippen molar-refractivity contribution in [1.82, 2.24) is 0 Å². The lowest BCUT2D eigenvalue weighted by molar-refractivity contribution is 0.0969. The van der Waals surface area contributed by atoms with E-state index >= 15 is 0 Å². The van der Waals surface area contributed by atoms with Crippen molar-refractivity contribution < 1.29 is 22.4 Å². The number of nitrogens with two attached hydrogens (primary N) is 2.